The number of halogens is 1. The number of furan rings is 1. The van der Waals surface area contributed by atoms with Gasteiger partial charge in [-0.15, -0.1) is 0 Å². The lowest BCUT2D eigenvalue weighted by molar-refractivity contribution is 0.385. The zero-order valence-corrected chi connectivity index (χ0v) is 14.3. The molecule has 2 heterocycles. The van der Waals surface area contributed by atoms with Crippen LogP contribution in [0.5, 0.6) is 0 Å². The van der Waals surface area contributed by atoms with E-state index in [1.165, 1.54) is 5.56 Å². The number of aromatic nitrogens is 2. The van der Waals surface area contributed by atoms with Crippen molar-refractivity contribution in [2.45, 2.75) is 53.2 Å². The van der Waals surface area contributed by atoms with Gasteiger partial charge in [0.1, 0.15) is 5.76 Å². The van der Waals surface area contributed by atoms with Crippen molar-refractivity contribution in [3.63, 3.8) is 0 Å². The van der Waals surface area contributed by atoms with Crippen LogP contribution in [0.3, 0.4) is 0 Å². The zero-order valence-electron chi connectivity index (χ0n) is 12.7. The molecule has 0 aliphatic heterocycles. The number of hydrogen-bond acceptors (Lipinski definition) is 3. The summed E-state index contributed by atoms with van der Waals surface area (Å²) in [6.45, 7) is 12.0. The van der Waals surface area contributed by atoms with Crippen molar-refractivity contribution >= 4 is 15.9 Å². The lowest BCUT2D eigenvalue weighted by Gasteiger charge is -2.20. The van der Waals surface area contributed by atoms with Gasteiger partial charge in [0.2, 0.25) is 0 Å². The summed E-state index contributed by atoms with van der Waals surface area (Å²) < 4.78 is 8.68. The van der Waals surface area contributed by atoms with E-state index < -0.39 is 0 Å². The summed E-state index contributed by atoms with van der Waals surface area (Å²) in [5, 5.41) is 7.99. The third-order valence-corrected chi connectivity index (χ3v) is 4.38. The lowest BCUT2D eigenvalue weighted by atomic mass is 10.1. The minimum atomic E-state index is 0.0747. The van der Waals surface area contributed by atoms with Crippen molar-refractivity contribution in [1.82, 2.24) is 15.1 Å². The fourth-order valence-corrected chi connectivity index (χ4v) is 2.28. The third-order valence-electron chi connectivity index (χ3n) is 3.23. The van der Waals surface area contributed by atoms with E-state index in [1.807, 2.05) is 17.7 Å². The van der Waals surface area contributed by atoms with Crippen molar-refractivity contribution in [2.24, 2.45) is 0 Å². The number of aryl methyl sites for hydroxylation is 1. The summed E-state index contributed by atoms with van der Waals surface area (Å²) in [5.74, 6) is 0.976. The molecule has 0 atom stereocenters. The Morgan fingerprint density at radius 3 is 2.60 bits per heavy atom. The quantitative estimate of drug-likeness (QED) is 0.921. The first-order valence-corrected chi connectivity index (χ1v) is 7.57. The Kier molecular flexibility index (Phi) is 4.39. The molecule has 1 N–H and O–H groups in total. The Morgan fingerprint density at radius 1 is 1.35 bits per heavy atom. The lowest BCUT2D eigenvalue weighted by Crippen LogP contribution is -2.35. The second kappa shape index (κ2) is 5.74. The van der Waals surface area contributed by atoms with Crippen molar-refractivity contribution in [2.75, 3.05) is 0 Å². The van der Waals surface area contributed by atoms with Gasteiger partial charge in [-0.25, -0.2) is 0 Å². The Labute approximate surface area is 128 Å². The molecular weight excluding hydrogens is 318 g/mol. The predicted octanol–water partition coefficient (Wildman–Crippen LogP) is 3.79. The number of rotatable bonds is 4. The number of nitrogens with one attached hydrogen (secondary N) is 1. The summed E-state index contributed by atoms with van der Waals surface area (Å²) in [4.78, 5) is 0. The molecule has 0 aliphatic carbocycles. The van der Waals surface area contributed by atoms with Crippen LogP contribution in [0.2, 0.25) is 0 Å². The van der Waals surface area contributed by atoms with Crippen molar-refractivity contribution in [1.29, 1.82) is 0 Å². The van der Waals surface area contributed by atoms with E-state index >= 15 is 0 Å². The van der Waals surface area contributed by atoms with Crippen LogP contribution < -0.4 is 5.32 Å². The van der Waals surface area contributed by atoms with Gasteiger partial charge < -0.3 is 9.73 Å². The Morgan fingerprint density at radius 2 is 2.05 bits per heavy atom. The van der Waals surface area contributed by atoms with Gasteiger partial charge in [-0.1, -0.05) is 0 Å². The summed E-state index contributed by atoms with van der Waals surface area (Å²) in [6, 6.07) is 2.02. The highest BCUT2D eigenvalue weighted by atomic mass is 79.9. The van der Waals surface area contributed by atoms with Crippen molar-refractivity contribution < 1.29 is 4.42 Å². The highest BCUT2D eigenvalue weighted by Gasteiger charge is 2.15. The molecule has 0 saturated carbocycles. The number of nitrogens with zero attached hydrogens (tertiary/aromatic N) is 2. The molecule has 0 bridgehead atoms. The van der Waals surface area contributed by atoms with Crippen molar-refractivity contribution in [3.05, 3.63) is 39.5 Å². The average Bonchev–Trinajstić information content (AvgIpc) is 2.88. The second-order valence-corrected chi connectivity index (χ2v) is 6.91. The maximum atomic E-state index is 5.59. The molecule has 2 aromatic heterocycles. The van der Waals surface area contributed by atoms with Gasteiger partial charge in [0.25, 0.3) is 0 Å². The van der Waals surface area contributed by atoms with E-state index in [2.05, 4.69) is 54.0 Å². The molecule has 0 unspecified atom stereocenters. The van der Waals surface area contributed by atoms with Crippen LogP contribution >= 0.6 is 15.9 Å². The predicted molar refractivity (Wildman–Crippen MR) is 83.8 cm³/mol. The van der Waals surface area contributed by atoms with Crippen LogP contribution in [0, 0.1) is 13.8 Å². The standard InChI is InChI=1S/C15H22BrN3O/c1-10-14(16)11(2)19(18-10)9-12-6-7-20-13(12)8-17-15(3,4)5/h6-7,17H,8-9H2,1-5H3. The molecule has 0 aromatic carbocycles. The monoisotopic (exact) mass is 339 g/mol. The molecule has 2 rings (SSSR count). The maximum Gasteiger partial charge on any atom is 0.122 e. The first kappa shape index (κ1) is 15.3. The fraction of sp³-hybridized carbons (Fsp3) is 0.533. The van der Waals surface area contributed by atoms with Crippen LogP contribution in [-0.2, 0) is 13.1 Å². The topological polar surface area (TPSA) is 43.0 Å². The van der Waals surface area contributed by atoms with Crippen LogP contribution in [0.15, 0.2) is 21.2 Å². The first-order chi connectivity index (χ1) is 9.28. The summed E-state index contributed by atoms with van der Waals surface area (Å²) in [5.41, 5.74) is 3.39. The Balaban J connectivity index is 2.14. The van der Waals surface area contributed by atoms with Gasteiger partial charge in [-0.3, -0.25) is 4.68 Å². The molecule has 20 heavy (non-hydrogen) atoms. The van der Waals surface area contributed by atoms with Crippen molar-refractivity contribution in [3.8, 4) is 0 Å². The molecule has 0 aliphatic rings. The first-order valence-electron chi connectivity index (χ1n) is 6.77. The van der Waals surface area contributed by atoms with E-state index in [4.69, 9.17) is 4.42 Å². The maximum absolute atomic E-state index is 5.59. The summed E-state index contributed by atoms with van der Waals surface area (Å²) in [6.07, 6.45) is 1.75. The minimum Gasteiger partial charge on any atom is -0.468 e. The Hall–Kier alpha value is -1.07. The minimum absolute atomic E-state index is 0.0747. The highest BCUT2D eigenvalue weighted by molar-refractivity contribution is 9.10. The molecule has 0 saturated heterocycles. The largest absolute Gasteiger partial charge is 0.468 e. The van der Waals surface area contributed by atoms with E-state index in [9.17, 15) is 0 Å². The average molecular weight is 340 g/mol. The number of hydrogen-bond donors (Lipinski definition) is 1. The summed E-state index contributed by atoms with van der Waals surface area (Å²) in [7, 11) is 0. The SMILES string of the molecule is Cc1nn(Cc2ccoc2CNC(C)(C)C)c(C)c1Br. The molecule has 0 fully saturated rings. The van der Waals surface area contributed by atoms with Gasteiger partial charge >= 0.3 is 0 Å². The van der Waals surface area contributed by atoms with Gasteiger partial charge in [0.05, 0.1) is 35.2 Å². The fourth-order valence-electron chi connectivity index (χ4n) is 2.00. The van der Waals surface area contributed by atoms with E-state index in [0.717, 1.165) is 34.7 Å². The Bertz CT molecular complexity index is 593. The van der Waals surface area contributed by atoms with E-state index in [0.29, 0.717) is 0 Å². The van der Waals surface area contributed by atoms with Gasteiger partial charge in [-0.2, -0.15) is 5.10 Å². The molecule has 0 spiro atoms. The molecule has 2 aromatic rings. The second-order valence-electron chi connectivity index (χ2n) is 6.12. The van der Waals surface area contributed by atoms with Crippen LogP contribution in [-0.4, -0.2) is 15.3 Å². The smallest absolute Gasteiger partial charge is 0.122 e. The van der Waals surface area contributed by atoms with Crippen LogP contribution in [0.1, 0.15) is 43.5 Å². The molecule has 0 amide bonds. The molecular formula is C15H22BrN3O. The highest BCUT2D eigenvalue weighted by Crippen LogP contribution is 2.22. The van der Waals surface area contributed by atoms with E-state index in [-0.39, 0.29) is 5.54 Å². The van der Waals surface area contributed by atoms with Gasteiger partial charge in [-0.05, 0) is 56.6 Å². The van der Waals surface area contributed by atoms with E-state index in [1.54, 1.807) is 6.26 Å². The summed E-state index contributed by atoms with van der Waals surface area (Å²) >= 11 is 3.56. The zero-order chi connectivity index (χ0) is 14.9. The molecule has 5 heteroatoms. The normalized spacial score (nSPS) is 12.1. The molecule has 110 valence electrons. The molecule has 4 nitrogen and oxygen atoms in total. The van der Waals surface area contributed by atoms with Gasteiger partial charge in [0, 0.05) is 11.1 Å². The van der Waals surface area contributed by atoms with Gasteiger partial charge in [0.15, 0.2) is 0 Å². The molecule has 0 radical (unpaired) electrons. The van der Waals surface area contributed by atoms with Crippen LogP contribution in [0.4, 0.5) is 0 Å². The van der Waals surface area contributed by atoms with Crippen LogP contribution in [0.25, 0.3) is 0 Å². The third kappa shape index (κ3) is 3.52.